The second kappa shape index (κ2) is 5.16. The highest BCUT2D eigenvalue weighted by Gasteiger charge is 2.20. The maximum absolute atomic E-state index is 10.8. The van der Waals surface area contributed by atoms with Crippen LogP contribution in [-0.4, -0.2) is 12.1 Å². The lowest BCUT2D eigenvalue weighted by molar-refractivity contribution is -0.144. The van der Waals surface area contributed by atoms with E-state index in [0.717, 1.165) is 5.56 Å². The number of carbonyl (C=O) groups is 1. The summed E-state index contributed by atoms with van der Waals surface area (Å²) < 4.78 is 4.92. The fraction of sp³-hybridized carbons (Fsp3) is 0.333. The zero-order valence-electron chi connectivity index (χ0n) is 8.81. The van der Waals surface area contributed by atoms with Gasteiger partial charge in [0.05, 0.1) is 0 Å². The second-order valence-electron chi connectivity index (χ2n) is 3.36. The topological polar surface area (TPSA) is 50.1 Å². The summed E-state index contributed by atoms with van der Waals surface area (Å²) in [5, 5.41) is 8.88. The number of nitriles is 1. The van der Waals surface area contributed by atoms with Crippen molar-refractivity contribution in [2.45, 2.75) is 25.9 Å². The molecule has 0 fully saturated rings. The Morgan fingerprint density at radius 1 is 1.40 bits per heavy atom. The van der Waals surface area contributed by atoms with Crippen LogP contribution in [-0.2, 0) is 9.53 Å². The normalized spacial score (nSPS) is 13.7. The van der Waals surface area contributed by atoms with Crippen molar-refractivity contribution in [1.29, 1.82) is 5.26 Å². The second-order valence-corrected chi connectivity index (χ2v) is 3.36. The van der Waals surface area contributed by atoms with Crippen LogP contribution in [0.4, 0.5) is 0 Å². The minimum Gasteiger partial charge on any atom is -0.446 e. The van der Waals surface area contributed by atoms with E-state index in [1.54, 1.807) is 0 Å². The zero-order valence-corrected chi connectivity index (χ0v) is 8.81. The standard InChI is InChI=1S/C12H13NO2/c1-9(11-6-4-3-5-7-11)12(8-13)15-10(2)14/h3-7,9,12H,1-2H3. The largest absolute Gasteiger partial charge is 0.446 e. The molecule has 2 atom stereocenters. The van der Waals surface area contributed by atoms with E-state index in [2.05, 4.69) is 0 Å². The van der Waals surface area contributed by atoms with Crippen LogP contribution in [0.5, 0.6) is 0 Å². The predicted octanol–water partition coefficient (Wildman–Crippen LogP) is 2.25. The van der Waals surface area contributed by atoms with Crippen LogP contribution in [0.2, 0.25) is 0 Å². The molecule has 2 unspecified atom stereocenters. The quantitative estimate of drug-likeness (QED) is 0.708. The lowest BCUT2D eigenvalue weighted by Crippen LogP contribution is -2.20. The van der Waals surface area contributed by atoms with Gasteiger partial charge in [0.1, 0.15) is 6.07 Å². The van der Waals surface area contributed by atoms with Crippen molar-refractivity contribution in [3.05, 3.63) is 35.9 Å². The minimum atomic E-state index is -0.718. The molecule has 15 heavy (non-hydrogen) atoms. The Morgan fingerprint density at radius 2 is 2.00 bits per heavy atom. The molecule has 3 heteroatoms. The number of benzene rings is 1. The maximum Gasteiger partial charge on any atom is 0.303 e. The summed E-state index contributed by atoms with van der Waals surface area (Å²) in [5.74, 6) is -0.538. The molecule has 1 rings (SSSR count). The maximum atomic E-state index is 10.8. The zero-order chi connectivity index (χ0) is 11.3. The molecule has 0 radical (unpaired) electrons. The Morgan fingerprint density at radius 3 is 2.47 bits per heavy atom. The molecule has 0 spiro atoms. The Labute approximate surface area is 89.3 Å². The third kappa shape index (κ3) is 3.10. The first kappa shape index (κ1) is 11.3. The lowest BCUT2D eigenvalue weighted by Gasteiger charge is -2.17. The first-order valence-corrected chi connectivity index (χ1v) is 4.77. The van der Waals surface area contributed by atoms with Gasteiger partial charge in [0.15, 0.2) is 6.10 Å². The van der Waals surface area contributed by atoms with E-state index in [1.807, 2.05) is 43.3 Å². The van der Waals surface area contributed by atoms with Crippen LogP contribution in [0.1, 0.15) is 25.3 Å². The van der Waals surface area contributed by atoms with Crippen molar-refractivity contribution in [1.82, 2.24) is 0 Å². The van der Waals surface area contributed by atoms with Crippen LogP contribution in [0.15, 0.2) is 30.3 Å². The number of nitrogens with zero attached hydrogens (tertiary/aromatic N) is 1. The Hall–Kier alpha value is -1.82. The lowest BCUT2D eigenvalue weighted by atomic mass is 9.96. The molecule has 0 bridgehead atoms. The molecule has 0 heterocycles. The van der Waals surface area contributed by atoms with Crippen molar-refractivity contribution in [2.75, 3.05) is 0 Å². The van der Waals surface area contributed by atoms with Crippen LogP contribution in [0, 0.1) is 11.3 Å². The highest BCUT2D eigenvalue weighted by Crippen LogP contribution is 2.20. The van der Waals surface area contributed by atoms with Crippen molar-refractivity contribution in [2.24, 2.45) is 0 Å². The summed E-state index contributed by atoms with van der Waals surface area (Å²) in [4.78, 5) is 10.8. The molecule has 3 nitrogen and oxygen atoms in total. The summed E-state index contributed by atoms with van der Waals surface area (Å²) in [6.45, 7) is 3.17. The van der Waals surface area contributed by atoms with Crippen LogP contribution in [0.3, 0.4) is 0 Å². The molecule has 0 amide bonds. The molecular formula is C12H13NO2. The Kier molecular flexibility index (Phi) is 3.87. The molecule has 0 N–H and O–H groups in total. The molecule has 78 valence electrons. The fourth-order valence-electron chi connectivity index (χ4n) is 1.35. The van der Waals surface area contributed by atoms with Gasteiger partial charge in [-0.2, -0.15) is 5.26 Å². The molecule has 0 aliphatic rings. The van der Waals surface area contributed by atoms with Crippen LogP contribution in [0.25, 0.3) is 0 Å². The van der Waals surface area contributed by atoms with Gasteiger partial charge in [0.2, 0.25) is 0 Å². The smallest absolute Gasteiger partial charge is 0.303 e. The van der Waals surface area contributed by atoms with E-state index < -0.39 is 12.1 Å². The van der Waals surface area contributed by atoms with Gasteiger partial charge in [-0.3, -0.25) is 4.79 Å². The SMILES string of the molecule is CC(=O)OC(C#N)C(C)c1ccccc1. The summed E-state index contributed by atoms with van der Waals surface area (Å²) in [6.07, 6.45) is -0.718. The predicted molar refractivity (Wildman–Crippen MR) is 56.0 cm³/mol. The van der Waals surface area contributed by atoms with Gasteiger partial charge < -0.3 is 4.74 Å². The van der Waals surface area contributed by atoms with Crippen LogP contribution >= 0.6 is 0 Å². The summed E-state index contributed by atoms with van der Waals surface area (Å²) >= 11 is 0. The number of esters is 1. The fourth-order valence-corrected chi connectivity index (χ4v) is 1.35. The molecule has 1 aromatic rings. The molecule has 0 saturated carbocycles. The molecule has 0 aliphatic heterocycles. The number of hydrogen-bond acceptors (Lipinski definition) is 3. The molecule has 0 aliphatic carbocycles. The van der Waals surface area contributed by atoms with Gasteiger partial charge in [0.25, 0.3) is 0 Å². The summed E-state index contributed by atoms with van der Waals surface area (Å²) in [7, 11) is 0. The summed E-state index contributed by atoms with van der Waals surface area (Å²) in [5.41, 5.74) is 0.991. The third-order valence-corrected chi connectivity index (χ3v) is 2.20. The van der Waals surface area contributed by atoms with Gasteiger partial charge in [-0.1, -0.05) is 37.3 Å². The Bertz CT molecular complexity index is 367. The monoisotopic (exact) mass is 203 g/mol. The first-order chi connectivity index (χ1) is 7.15. The summed E-state index contributed by atoms with van der Waals surface area (Å²) in [6, 6.07) is 11.5. The molecule has 1 aromatic carbocycles. The van der Waals surface area contributed by atoms with Gasteiger partial charge in [-0.05, 0) is 5.56 Å². The molecular weight excluding hydrogens is 190 g/mol. The van der Waals surface area contributed by atoms with Crippen molar-refractivity contribution in [3.8, 4) is 6.07 Å². The van der Waals surface area contributed by atoms with E-state index in [4.69, 9.17) is 10.00 Å². The van der Waals surface area contributed by atoms with E-state index in [1.165, 1.54) is 6.92 Å². The van der Waals surface area contributed by atoms with Gasteiger partial charge >= 0.3 is 5.97 Å². The van der Waals surface area contributed by atoms with E-state index >= 15 is 0 Å². The molecule has 0 aromatic heterocycles. The highest BCUT2D eigenvalue weighted by atomic mass is 16.5. The number of hydrogen-bond donors (Lipinski definition) is 0. The number of rotatable bonds is 3. The van der Waals surface area contributed by atoms with E-state index in [-0.39, 0.29) is 5.92 Å². The van der Waals surface area contributed by atoms with Crippen molar-refractivity contribution >= 4 is 5.97 Å². The van der Waals surface area contributed by atoms with Gasteiger partial charge in [-0.25, -0.2) is 0 Å². The Balaban J connectivity index is 2.79. The highest BCUT2D eigenvalue weighted by molar-refractivity contribution is 5.66. The van der Waals surface area contributed by atoms with E-state index in [0.29, 0.717) is 0 Å². The van der Waals surface area contributed by atoms with E-state index in [9.17, 15) is 4.79 Å². The molecule has 0 saturated heterocycles. The average molecular weight is 203 g/mol. The van der Waals surface area contributed by atoms with Crippen molar-refractivity contribution < 1.29 is 9.53 Å². The number of ether oxygens (including phenoxy) is 1. The third-order valence-electron chi connectivity index (χ3n) is 2.20. The van der Waals surface area contributed by atoms with Gasteiger partial charge in [-0.15, -0.1) is 0 Å². The van der Waals surface area contributed by atoms with Crippen molar-refractivity contribution in [3.63, 3.8) is 0 Å². The van der Waals surface area contributed by atoms with Crippen LogP contribution < -0.4 is 0 Å². The minimum absolute atomic E-state index is 0.111. The average Bonchev–Trinajstić information content (AvgIpc) is 2.26. The first-order valence-electron chi connectivity index (χ1n) is 4.77. The number of carbonyl (C=O) groups excluding carboxylic acids is 1. The van der Waals surface area contributed by atoms with Gasteiger partial charge in [0, 0.05) is 12.8 Å².